The molecular weight excluding hydrogens is 368 g/mol. The highest BCUT2D eigenvalue weighted by Gasteiger charge is 2.30. The van der Waals surface area contributed by atoms with Gasteiger partial charge in [0.1, 0.15) is 6.54 Å². The molecule has 2 amide bonds. The average Bonchev–Trinajstić information content (AvgIpc) is 2.64. The molecule has 1 aliphatic heterocycles. The second-order valence-electron chi connectivity index (χ2n) is 6.31. The maximum absolute atomic E-state index is 12.4. The van der Waals surface area contributed by atoms with Gasteiger partial charge in [0.25, 0.3) is 0 Å². The molecule has 1 aliphatic rings. The normalized spacial score (nSPS) is 18.8. The number of nitrogens with zero attached hydrogens (tertiary/aromatic N) is 1. The van der Waals surface area contributed by atoms with Crippen LogP contribution in [0.15, 0.2) is 41.9 Å². The SMILES string of the molecule is CCCC1SC=CN(CC(=O)N[C@@H](Cc2ccccc2)C(O)C(=O)O)C1=O. The second-order valence-corrected chi connectivity index (χ2v) is 7.42. The van der Waals surface area contributed by atoms with Crippen molar-refractivity contribution in [2.75, 3.05) is 6.54 Å². The number of rotatable bonds is 9. The van der Waals surface area contributed by atoms with Crippen LogP contribution in [0.2, 0.25) is 0 Å². The van der Waals surface area contributed by atoms with E-state index in [1.54, 1.807) is 35.9 Å². The predicted octanol–water partition coefficient (Wildman–Crippen LogP) is 1.37. The first-order chi connectivity index (χ1) is 12.9. The number of carboxylic acids is 1. The van der Waals surface area contributed by atoms with Gasteiger partial charge in [-0.3, -0.25) is 9.59 Å². The molecule has 0 radical (unpaired) electrons. The molecule has 0 spiro atoms. The number of aliphatic hydroxyl groups is 1. The second kappa shape index (κ2) is 10.1. The third-order valence-corrected chi connectivity index (χ3v) is 5.23. The summed E-state index contributed by atoms with van der Waals surface area (Å²) in [6.45, 7) is 1.78. The van der Waals surface area contributed by atoms with Gasteiger partial charge in [-0.2, -0.15) is 0 Å². The van der Waals surface area contributed by atoms with Gasteiger partial charge in [-0.1, -0.05) is 43.7 Å². The van der Waals surface area contributed by atoms with Crippen molar-refractivity contribution in [3.8, 4) is 0 Å². The minimum atomic E-state index is -1.75. The summed E-state index contributed by atoms with van der Waals surface area (Å²) in [5.74, 6) is -2.07. The Bertz CT molecular complexity index is 695. The summed E-state index contributed by atoms with van der Waals surface area (Å²) >= 11 is 1.43. The molecule has 27 heavy (non-hydrogen) atoms. The molecule has 0 aromatic heterocycles. The molecule has 3 atom stereocenters. The number of amides is 2. The monoisotopic (exact) mass is 392 g/mol. The number of benzene rings is 1. The molecule has 0 bridgehead atoms. The Morgan fingerprint density at radius 1 is 1.30 bits per heavy atom. The lowest BCUT2D eigenvalue weighted by Crippen LogP contribution is -2.51. The van der Waals surface area contributed by atoms with Gasteiger partial charge in [0.2, 0.25) is 11.8 Å². The fourth-order valence-electron chi connectivity index (χ4n) is 2.79. The number of carbonyl (C=O) groups is 3. The number of carbonyl (C=O) groups excluding carboxylic acids is 2. The molecule has 2 unspecified atom stereocenters. The van der Waals surface area contributed by atoms with Gasteiger partial charge < -0.3 is 20.4 Å². The van der Waals surface area contributed by atoms with Gasteiger partial charge in [-0.15, -0.1) is 11.8 Å². The Kier molecular flexibility index (Phi) is 7.87. The van der Waals surface area contributed by atoms with Crippen LogP contribution in [-0.2, 0) is 20.8 Å². The summed E-state index contributed by atoms with van der Waals surface area (Å²) < 4.78 is 0. The summed E-state index contributed by atoms with van der Waals surface area (Å²) in [5.41, 5.74) is 0.788. The molecule has 1 aromatic rings. The lowest BCUT2D eigenvalue weighted by atomic mass is 10.0. The van der Waals surface area contributed by atoms with Crippen LogP contribution in [0.4, 0.5) is 0 Å². The summed E-state index contributed by atoms with van der Waals surface area (Å²) in [5, 5.41) is 23.2. The quantitative estimate of drug-likeness (QED) is 0.586. The fourth-order valence-corrected chi connectivity index (χ4v) is 3.82. The first kappa shape index (κ1) is 21.0. The largest absolute Gasteiger partial charge is 0.479 e. The topological polar surface area (TPSA) is 107 Å². The molecular formula is C19H24N2O5S. The molecule has 0 saturated heterocycles. The molecule has 3 N–H and O–H groups in total. The van der Waals surface area contributed by atoms with Crippen molar-refractivity contribution in [3.63, 3.8) is 0 Å². The van der Waals surface area contributed by atoms with E-state index in [1.165, 1.54) is 16.7 Å². The maximum atomic E-state index is 12.4. The molecule has 8 heteroatoms. The van der Waals surface area contributed by atoms with Crippen LogP contribution < -0.4 is 5.32 Å². The van der Waals surface area contributed by atoms with Crippen molar-refractivity contribution < 1.29 is 24.6 Å². The van der Waals surface area contributed by atoms with E-state index in [2.05, 4.69) is 5.32 Å². The van der Waals surface area contributed by atoms with Crippen LogP contribution in [0.5, 0.6) is 0 Å². The summed E-state index contributed by atoms with van der Waals surface area (Å²) in [6.07, 6.45) is 1.56. The van der Waals surface area contributed by atoms with Crippen molar-refractivity contribution >= 4 is 29.5 Å². The van der Waals surface area contributed by atoms with Crippen molar-refractivity contribution in [2.24, 2.45) is 0 Å². The number of carboxylic acid groups (broad SMARTS) is 1. The van der Waals surface area contributed by atoms with Gasteiger partial charge in [-0.25, -0.2) is 4.79 Å². The minimum absolute atomic E-state index is 0.141. The van der Waals surface area contributed by atoms with Crippen LogP contribution >= 0.6 is 11.8 Å². The summed E-state index contributed by atoms with van der Waals surface area (Å²) in [6, 6.07) is 7.99. The Morgan fingerprint density at radius 3 is 2.63 bits per heavy atom. The Labute approximate surface area is 162 Å². The van der Waals surface area contributed by atoms with Gasteiger partial charge in [0.05, 0.1) is 11.3 Å². The van der Waals surface area contributed by atoms with Crippen molar-refractivity contribution in [3.05, 3.63) is 47.5 Å². The van der Waals surface area contributed by atoms with Crippen LogP contribution in [0, 0.1) is 0 Å². The molecule has 0 saturated carbocycles. The van der Waals surface area contributed by atoms with Crippen LogP contribution in [0.1, 0.15) is 25.3 Å². The molecule has 2 rings (SSSR count). The molecule has 1 aromatic carbocycles. The van der Waals surface area contributed by atoms with Gasteiger partial charge in [-0.05, 0) is 23.8 Å². The molecule has 1 heterocycles. The average molecular weight is 392 g/mol. The lowest BCUT2D eigenvalue weighted by Gasteiger charge is -2.28. The van der Waals surface area contributed by atoms with Gasteiger partial charge >= 0.3 is 5.97 Å². The summed E-state index contributed by atoms with van der Waals surface area (Å²) in [7, 11) is 0. The molecule has 146 valence electrons. The Balaban J connectivity index is 2.02. The van der Waals surface area contributed by atoms with Crippen LogP contribution in [0.25, 0.3) is 0 Å². The van der Waals surface area contributed by atoms with Gasteiger partial charge in [0.15, 0.2) is 6.10 Å². The third-order valence-electron chi connectivity index (χ3n) is 4.19. The number of aliphatic hydroxyl groups excluding tert-OH is 1. The van der Waals surface area contributed by atoms with E-state index in [-0.39, 0.29) is 24.1 Å². The standard InChI is InChI=1S/C19H24N2O5S/c1-2-6-15-18(24)21(9-10-27-15)12-16(22)20-14(17(23)19(25)26)11-13-7-4-3-5-8-13/h3-5,7-10,14-15,17,23H,2,6,11-12H2,1H3,(H,20,22)(H,25,26)/t14-,15?,17?/m0/s1. The van der Waals surface area contributed by atoms with E-state index in [0.717, 1.165) is 18.4 Å². The predicted molar refractivity (Wildman–Crippen MR) is 103 cm³/mol. The molecule has 0 fully saturated rings. The number of nitrogens with one attached hydrogen (secondary N) is 1. The minimum Gasteiger partial charge on any atom is -0.479 e. The van der Waals surface area contributed by atoms with E-state index < -0.39 is 24.0 Å². The first-order valence-electron chi connectivity index (χ1n) is 8.79. The van der Waals surface area contributed by atoms with E-state index in [0.29, 0.717) is 0 Å². The van der Waals surface area contributed by atoms with E-state index in [4.69, 9.17) is 5.11 Å². The first-order valence-corrected chi connectivity index (χ1v) is 9.73. The van der Waals surface area contributed by atoms with E-state index in [9.17, 15) is 19.5 Å². The van der Waals surface area contributed by atoms with Gasteiger partial charge in [0, 0.05) is 6.20 Å². The zero-order chi connectivity index (χ0) is 19.8. The third kappa shape index (κ3) is 6.11. The number of thioether (sulfide) groups is 1. The number of hydrogen-bond donors (Lipinski definition) is 3. The number of aliphatic carboxylic acids is 1. The highest BCUT2D eigenvalue weighted by atomic mass is 32.2. The van der Waals surface area contributed by atoms with Crippen LogP contribution in [-0.4, -0.2) is 56.8 Å². The molecule has 7 nitrogen and oxygen atoms in total. The molecule has 0 aliphatic carbocycles. The maximum Gasteiger partial charge on any atom is 0.334 e. The highest BCUT2D eigenvalue weighted by molar-refractivity contribution is 8.03. The van der Waals surface area contributed by atoms with Crippen molar-refractivity contribution in [1.29, 1.82) is 0 Å². The Hall–Kier alpha value is -2.32. The van der Waals surface area contributed by atoms with Crippen LogP contribution in [0.3, 0.4) is 0 Å². The zero-order valence-electron chi connectivity index (χ0n) is 15.1. The Morgan fingerprint density at radius 2 is 2.00 bits per heavy atom. The summed E-state index contributed by atoms with van der Waals surface area (Å²) in [4.78, 5) is 37.3. The number of hydrogen-bond acceptors (Lipinski definition) is 5. The lowest BCUT2D eigenvalue weighted by molar-refractivity contribution is -0.148. The fraction of sp³-hybridized carbons (Fsp3) is 0.421. The van der Waals surface area contributed by atoms with E-state index >= 15 is 0 Å². The van der Waals surface area contributed by atoms with Crippen molar-refractivity contribution in [1.82, 2.24) is 10.2 Å². The highest BCUT2D eigenvalue weighted by Crippen LogP contribution is 2.24. The zero-order valence-corrected chi connectivity index (χ0v) is 15.9. The van der Waals surface area contributed by atoms with E-state index in [1.807, 2.05) is 13.0 Å². The smallest absolute Gasteiger partial charge is 0.334 e. The van der Waals surface area contributed by atoms with Crippen molar-refractivity contribution in [2.45, 2.75) is 43.6 Å².